The van der Waals surface area contributed by atoms with Gasteiger partial charge in [-0.2, -0.15) is 0 Å². The Kier molecular flexibility index (Phi) is 5.62. The number of carbonyl (C=O) groups is 1. The van der Waals surface area contributed by atoms with Crippen LogP contribution in [0.3, 0.4) is 0 Å². The third kappa shape index (κ3) is 3.97. The number of sulfonamides is 1. The van der Waals surface area contributed by atoms with Crippen LogP contribution in [0.2, 0.25) is 0 Å². The predicted molar refractivity (Wildman–Crippen MR) is 116 cm³/mol. The smallest absolute Gasteiger partial charge is 0.253 e. The summed E-state index contributed by atoms with van der Waals surface area (Å²) in [7, 11) is -0.509. The maximum Gasteiger partial charge on any atom is 0.253 e. The maximum absolute atomic E-state index is 12.8. The lowest BCUT2D eigenvalue weighted by atomic mass is 9.96. The van der Waals surface area contributed by atoms with Crippen LogP contribution in [0.5, 0.6) is 0 Å². The molecule has 0 unspecified atom stereocenters. The molecular weight excluding hydrogens is 400 g/mol. The fourth-order valence-corrected chi connectivity index (χ4v) is 4.82. The van der Waals surface area contributed by atoms with E-state index in [1.807, 2.05) is 29.4 Å². The van der Waals surface area contributed by atoms with Crippen LogP contribution in [0.1, 0.15) is 23.2 Å². The molecule has 0 atom stereocenters. The average Bonchev–Trinajstić information content (AvgIpc) is 3.16. The van der Waals surface area contributed by atoms with Gasteiger partial charge in [0.1, 0.15) is 0 Å². The van der Waals surface area contributed by atoms with E-state index in [1.165, 1.54) is 26.2 Å². The number of piperidine rings is 1. The second-order valence-electron chi connectivity index (χ2n) is 7.93. The molecule has 0 saturated carbocycles. The van der Waals surface area contributed by atoms with E-state index in [-0.39, 0.29) is 10.8 Å². The Balaban J connectivity index is 1.37. The summed E-state index contributed by atoms with van der Waals surface area (Å²) in [6.07, 6.45) is 3.77. The minimum atomic E-state index is -3.49. The lowest BCUT2D eigenvalue weighted by Gasteiger charge is -2.32. The molecule has 4 rings (SSSR count). The molecule has 0 aliphatic carbocycles. The molecule has 0 N–H and O–H groups in total. The number of rotatable bonds is 5. The van der Waals surface area contributed by atoms with Crippen LogP contribution in [0.25, 0.3) is 11.0 Å². The summed E-state index contributed by atoms with van der Waals surface area (Å²) in [6.45, 7) is 2.31. The number of para-hydroxylation sites is 2. The van der Waals surface area contributed by atoms with Crippen molar-refractivity contribution in [2.75, 3.05) is 27.2 Å². The molecule has 0 spiro atoms. The summed E-state index contributed by atoms with van der Waals surface area (Å²) in [5.41, 5.74) is 2.67. The highest BCUT2D eigenvalue weighted by Crippen LogP contribution is 2.23. The van der Waals surface area contributed by atoms with Crippen LogP contribution in [-0.4, -0.2) is 60.3 Å². The molecule has 7 nitrogen and oxygen atoms in total. The zero-order valence-corrected chi connectivity index (χ0v) is 18.0. The van der Waals surface area contributed by atoms with Crippen molar-refractivity contribution < 1.29 is 13.2 Å². The monoisotopic (exact) mass is 426 g/mol. The molecular formula is C22H26N4O3S. The first-order chi connectivity index (χ1) is 14.4. The van der Waals surface area contributed by atoms with E-state index < -0.39 is 10.0 Å². The molecule has 1 fully saturated rings. The van der Waals surface area contributed by atoms with Gasteiger partial charge in [0.2, 0.25) is 10.0 Å². The van der Waals surface area contributed by atoms with Gasteiger partial charge >= 0.3 is 0 Å². The number of likely N-dealkylation sites (tertiary alicyclic amines) is 1. The molecule has 8 heteroatoms. The van der Waals surface area contributed by atoms with Crippen LogP contribution in [0.15, 0.2) is 59.8 Å². The molecule has 1 saturated heterocycles. The number of nitrogens with zero attached hydrogens (tertiary/aromatic N) is 4. The molecule has 0 bridgehead atoms. The molecule has 2 aromatic carbocycles. The number of carbonyl (C=O) groups excluding carboxylic acids is 1. The van der Waals surface area contributed by atoms with Crippen molar-refractivity contribution in [3.8, 4) is 0 Å². The van der Waals surface area contributed by atoms with Gasteiger partial charge in [0, 0.05) is 39.3 Å². The lowest BCUT2D eigenvalue weighted by molar-refractivity contribution is 0.0683. The van der Waals surface area contributed by atoms with Crippen molar-refractivity contribution in [2.45, 2.75) is 24.3 Å². The van der Waals surface area contributed by atoms with Crippen molar-refractivity contribution in [3.05, 3.63) is 60.4 Å². The average molecular weight is 427 g/mol. The summed E-state index contributed by atoms with van der Waals surface area (Å²) in [4.78, 5) is 19.3. The molecule has 1 amide bonds. The molecule has 0 radical (unpaired) electrons. The Morgan fingerprint density at radius 1 is 1.07 bits per heavy atom. The van der Waals surface area contributed by atoms with E-state index in [0.717, 1.165) is 34.7 Å². The lowest BCUT2D eigenvalue weighted by Crippen LogP contribution is -2.39. The number of fused-ring (bicyclic) bond motifs is 1. The first-order valence-corrected chi connectivity index (χ1v) is 11.5. The first kappa shape index (κ1) is 20.6. The highest BCUT2D eigenvalue weighted by Gasteiger charge is 2.25. The third-order valence-electron chi connectivity index (χ3n) is 5.76. The van der Waals surface area contributed by atoms with Crippen LogP contribution in [-0.2, 0) is 16.6 Å². The standard InChI is InChI=1S/C22H26N4O3S/c1-24(2)30(28,29)19-9-7-18(8-10-19)22(27)25-13-11-17(12-14-25)15-26-16-23-20-5-3-4-6-21(20)26/h3-10,16-17H,11-15H2,1-2H3. The largest absolute Gasteiger partial charge is 0.339 e. The van der Waals surface area contributed by atoms with Gasteiger partial charge in [-0.15, -0.1) is 0 Å². The van der Waals surface area contributed by atoms with Crippen molar-refractivity contribution in [2.24, 2.45) is 5.92 Å². The van der Waals surface area contributed by atoms with E-state index >= 15 is 0 Å². The number of benzene rings is 2. The Morgan fingerprint density at radius 2 is 1.73 bits per heavy atom. The van der Waals surface area contributed by atoms with E-state index in [4.69, 9.17) is 0 Å². The Morgan fingerprint density at radius 3 is 2.40 bits per heavy atom. The third-order valence-corrected chi connectivity index (χ3v) is 7.59. The topological polar surface area (TPSA) is 75.5 Å². The maximum atomic E-state index is 12.8. The van der Waals surface area contributed by atoms with Gasteiger partial charge in [-0.3, -0.25) is 4.79 Å². The molecule has 3 aromatic rings. The molecule has 1 aliphatic heterocycles. The van der Waals surface area contributed by atoms with Gasteiger partial charge in [-0.25, -0.2) is 17.7 Å². The molecule has 30 heavy (non-hydrogen) atoms. The fourth-order valence-electron chi connectivity index (χ4n) is 3.92. The van der Waals surface area contributed by atoms with Crippen LogP contribution in [0, 0.1) is 5.92 Å². The van der Waals surface area contributed by atoms with Gasteiger partial charge in [-0.05, 0) is 55.2 Å². The molecule has 2 heterocycles. The number of hydrogen-bond donors (Lipinski definition) is 0. The highest BCUT2D eigenvalue weighted by molar-refractivity contribution is 7.89. The van der Waals surface area contributed by atoms with Gasteiger partial charge in [0.15, 0.2) is 0 Å². The second kappa shape index (κ2) is 8.20. The number of amides is 1. The Labute approximate surface area is 177 Å². The zero-order chi connectivity index (χ0) is 21.3. The molecule has 1 aromatic heterocycles. The van der Waals surface area contributed by atoms with Crippen molar-refractivity contribution in [3.63, 3.8) is 0 Å². The Hall–Kier alpha value is -2.71. The van der Waals surface area contributed by atoms with Crippen molar-refractivity contribution in [1.29, 1.82) is 0 Å². The van der Waals surface area contributed by atoms with Gasteiger partial charge in [-0.1, -0.05) is 12.1 Å². The summed E-state index contributed by atoms with van der Waals surface area (Å²) in [5.74, 6) is 0.453. The number of imidazole rings is 1. The van der Waals surface area contributed by atoms with E-state index in [2.05, 4.69) is 15.6 Å². The van der Waals surface area contributed by atoms with E-state index in [9.17, 15) is 13.2 Å². The van der Waals surface area contributed by atoms with Crippen molar-refractivity contribution in [1.82, 2.24) is 18.8 Å². The predicted octanol–water partition coefficient (Wildman–Crippen LogP) is 2.84. The molecule has 158 valence electrons. The minimum Gasteiger partial charge on any atom is -0.339 e. The van der Waals surface area contributed by atoms with Crippen LogP contribution < -0.4 is 0 Å². The minimum absolute atomic E-state index is 0.0460. The number of aromatic nitrogens is 2. The Bertz CT molecular complexity index is 1140. The quantitative estimate of drug-likeness (QED) is 0.629. The number of hydrogen-bond acceptors (Lipinski definition) is 4. The van der Waals surface area contributed by atoms with Crippen LogP contribution >= 0.6 is 0 Å². The normalized spacial score (nSPS) is 15.8. The van der Waals surface area contributed by atoms with Gasteiger partial charge in [0.25, 0.3) is 5.91 Å². The first-order valence-electron chi connectivity index (χ1n) is 10.1. The van der Waals surface area contributed by atoms with Crippen molar-refractivity contribution >= 4 is 27.0 Å². The summed E-state index contributed by atoms with van der Waals surface area (Å²) < 4.78 is 27.7. The van der Waals surface area contributed by atoms with Gasteiger partial charge in [0.05, 0.1) is 22.3 Å². The summed E-state index contributed by atoms with van der Waals surface area (Å²) in [5, 5.41) is 0. The summed E-state index contributed by atoms with van der Waals surface area (Å²) in [6, 6.07) is 14.3. The van der Waals surface area contributed by atoms with E-state index in [0.29, 0.717) is 24.6 Å². The van der Waals surface area contributed by atoms with Crippen LogP contribution in [0.4, 0.5) is 0 Å². The zero-order valence-electron chi connectivity index (χ0n) is 17.2. The second-order valence-corrected chi connectivity index (χ2v) is 10.1. The molecule has 1 aliphatic rings. The van der Waals surface area contributed by atoms with E-state index in [1.54, 1.807) is 12.1 Å². The SMILES string of the molecule is CN(C)S(=O)(=O)c1ccc(C(=O)N2CCC(Cn3cnc4ccccc43)CC2)cc1. The highest BCUT2D eigenvalue weighted by atomic mass is 32.2. The van der Waals surface area contributed by atoms with Gasteiger partial charge < -0.3 is 9.47 Å². The summed E-state index contributed by atoms with van der Waals surface area (Å²) >= 11 is 0. The fraction of sp³-hybridized carbons (Fsp3) is 0.364.